The highest BCUT2D eigenvalue weighted by atomic mass is 16.5. The zero-order valence-electron chi connectivity index (χ0n) is 13.2. The van der Waals surface area contributed by atoms with Crippen molar-refractivity contribution >= 4 is 22.5 Å². The lowest BCUT2D eigenvalue weighted by atomic mass is 10.1. The Labute approximate surface area is 139 Å². The van der Waals surface area contributed by atoms with E-state index < -0.39 is 11.8 Å². The topological polar surface area (TPSA) is 52.6 Å². The van der Waals surface area contributed by atoms with E-state index in [-0.39, 0.29) is 5.56 Å². The van der Waals surface area contributed by atoms with Crippen LogP contribution in [0.15, 0.2) is 66.7 Å². The number of ether oxygens (including phenoxy) is 2. The van der Waals surface area contributed by atoms with Crippen LogP contribution in [0.4, 0.5) is 0 Å². The van der Waals surface area contributed by atoms with Crippen LogP contribution in [0.25, 0.3) is 10.8 Å². The van der Waals surface area contributed by atoms with Gasteiger partial charge in [-0.25, -0.2) is 4.79 Å². The minimum atomic E-state index is -0.875. The van der Waals surface area contributed by atoms with Crippen LogP contribution >= 0.6 is 0 Å². The van der Waals surface area contributed by atoms with Crippen LogP contribution in [-0.4, -0.2) is 18.9 Å². The molecular formula is C20H16O4. The monoisotopic (exact) mass is 320 g/mol. The summed E-state index contributed by atoms with van der Waals surface area (Å²) in [6.07, 6.45) is 0. The summed E-state index contributed by atoms with van der Waals surface area (Å²) < 4.78 is 10.2. The SMILES string of the molecule is COC(=O)C(=O)c1ccc(OCc2ccc3ccccc3c2)cc1. The molecule has 4 heteroatoms. The van der Waals surface area contributed by atoms with Crippen LogP contribution < -0.4 is 4.74 Å². The minimum Gasteiger partial charge on any atom is -0.489 e. The summed E-state index contributed by atoms with van der Waals surface area (Å²) in [5.41, 5.74) is 1.34. The number of hydrogen-bond donors (Lipinski definition) is 0. The molecule has 0 radical (unpaired) electrons. The Balaban J connectivity index is 1.67. The zero-order chi connectivity index (χ0) is 16.9. The molecule has 0 atom stereocenters. The lowest BCUT2D eigenvalue weighted by Gasteiger charge is -2.08. The van der Waals surface area contributed by atoms with E-state index in [4.69, 9.17) is 4.74 Å². The maximum Gasteiger partial charge on any atom is 0.379 e. The summed E-state index contributed by atoms with van der Waals surface area (Å²) in [5.74, 6) is -0.914. The van der Waals surface area contributed by atoms with Gasteiger partial charge in [0.2, 0.25) is 0 Å². The molecule has 0 saturated heterocycles. The fourth-order valence-corrected chi connectivity index (χ4v) is 2.41. The molecule has 0 spiro atoms. The summed E-state index contributed by atoms with van der Waals surface area (Å²) in [7, 11) is 1.18. The fourth-order valence-electron chi connectivity index (χ4n) is 2.41. The molecule has 120 valence electrons. The normalized spacial score (nSPS) is 10.4. The van der Waals surface area contributed by atoms with E-state index in [9.17, 15) is 9.59 Å². The molecule has 0 aliphatic rings. The lowest BCUT2D eigenvalue weighted by molar-refractivity contribution is -0.135. The van der Waals surface area contributed by atoms with E-state index in [1.165, 1.54) is 12.5 Å². The fraction of sp³-hybridized carbons (Fsp3) is 0.100. The van der Waals surface area contributed by atoms with Crippen LogP contribution in [-0.2, 0) is 16.1 Å². The standard InChI is InChI=1S/C20H16O4/c1-23-20(22)19(21)16-8-10-18(11-9-16)24-13-14-6-7-15-4-2-3-5-17(15)12-14/h2-12H,13H2,1H3. The number of hydrogen-bond acceptors (Lipinski definition) is 4. The molecule has 4 nitrogen and oxygen atoms in total. The van der Waals surface area contributed by atoms with Crippen molar-refractivity contribution in [3.8, 4) is 5.75 Å². The van der Waals surface area contributed by atoms with Crippen LogP contribution in [0.2, 0.25) is 0 Å². The second kappa shape index (κ2) is 6.96. The summed E-state index contributed by atoms with van der Waals surface area (Å²) in [6, 6.07) is 20.7. The highest BCUT2D eigenvalue weighted by molar-refractivity contribution is 6.40. The van der Waals surface area contributed by atoms with Crippen LogP contribution in [0.1, 0.15) is 15.9 Å². The van der Waals surface area contributed by atoms with Gasteiger partial charge in [-0.1, -0.05) is 36.4 Å². The van der Waals surface area contributed by atoms with Gasteiger partial charge in [0.05, 0.1) is 7.11 Å². The molecule has 0 amide bonds. The third-order valence-corrected chi connectivity index (χ3v) is 3.71. The Hall–Kier alpha value is -3.14. The van der Waals surface area contributed by atoms with Gasteiger partial charge in [-0.2, -0.15) is 0 Å². The first-order chi connectivity index (χ1) is 11.7. The maximum absolute atomic E-state index is 11.7. The van der Waals surface area contributed by atoms with Crippen molar-refractivity contribution in [3.63, 3.8) is 0 Å². The zero-order valence-corrected chi connectivity index (χ0v) is 13.2. The largest absolute Gasteiger partial charge is 0.489 e. The van der Waals surface area contributed by atoms with E-state index >= 15 is 0 Å². The van der Waals surface area contributed by atoms with Gasteiger partial charge >= 0.3 is 5.97 Å². The predicted molar refractivity (Wildman–Crippen MR) is 91.1 cm³/mol. The smallest absolute Gasteiger partial charge is 0.379 e. The highest BCUT2D eigenvalue weighted by Gasteiger charge is 2.16. The Bertz CT molecular complexity index is 882. The first-order valence-corrected chi connectivity index (χ1v) is 7.50. The molecule has 3 aromatic rings. The van der Waals surface area contributed by atoms with Crippen molar-refractivity contribution in [2.24, 2.45) is 0 Å². The van der Waals surface area contributed by atoms with Gasteiger partial charge in [0, 0.05) is 5.56 Å². The number of benzene rings is 3. The van der Waals surface area contributed by atoms with Gasteiger partial charge in [0.25, 0.3) is 5.78 Å². The second-order valence-electron chi connectivity index (χ2n) is 5.32. The van der Waals surface area contributed by atoms with Crippen molar-refractivity contribution < 1.29 is 19.1 Å². The molecule has 3 aromatic carbocycles. The van der Waals surface area contributed by atoms with Crippen molar-refractivity contribution in [1.29, 1.82) is 0 Å². The van der Waals surface area contributed by atoms with Gasteiger partial charge in [-0.05, 0) is 46.7 Å². The molecule has 0 unspecified atom stereocenters. The first kappa shape index (κ1) is 15.7. The summed E-state index contributed by atoms with van der Waals surface area (Å²) in [5, 5.41) is 2.35. The molecule has 0 aliphatic heterocycles. The van der Waals surface area contributed by atoms with Crippen molar-refractivity contribution in [2.45, 2.75) is 6.61 Å². The van der Waals surface area contributed by atoms with Gasteiger partial charge in [-0.15, -0.1) is 0 Å². The molecule has 0 aromatic heterocycles. The average Bonchev–Trinajstić information content (AvgIpc) is 2.65. The quantitative estimate of drug-likeness (QED) is 0.408. The van der Waals surface area contributed by atoms with E-state index in [0.717, 1.165) is 10.9 Å². The predicted octanol–water partition coefficient (Wildman–Crippen LogP) is 3.77. The van der Waals surface area contributed by atoms with Crippen molar-refractivity contribution in [3.05, 3.63) is 77.9 Å². The molecule has 24 heavy (non-hydrogen) atoms. The van der Waals surface area contributed by atoms with Gasteiger partial charge in [0.15, 0.2) is 0 Å². The third kappa shape index (κ3) is 3.43. The number of carbonyl (C=O) groups excluding carboxylic acids is 2. The molecule has 0 fully saturated rings. The summed E-state index contributed by atoms with van der Waals surface area (Å²) >= 11 is 0. The Morgan fingerprint density at radius 1 is 0.875 bits per heavy atom. The van der Waals surface area contributed by atoms with Crippen LogP contribution in [0.5, 0.6) is 5.75 Å². The Morgan fingerprint density at radius 3 is 2.29 bits per heavy atom. The van der Waals surface area contributed by atoms with E-state index in [1.807, 2.05) is 18.2 Å². The van der Waals surface area contributed by atoms with E-state index in [2.05, 4.69) is 29.0 Å². The van der Waals surface area contributed by atoms with Gasteiger partial charge in [-0.3, -0.25) is 4.79 Å². The summed E-state index contributed by atoms with van der Waals surface area (Å²) in [4.78, 5) is 22.9. The number of Topliss-reactive ketones (excluding diaryl/α,β-unsaturated/α-hetero) is 1. The Morgan fingerprint density at radius 2 is 1.58 bits per heavy atom. The maximum atomic E-state index is 11.7. The number of ketones is 1. The molecular weight excluding hydrogens is 304 g/mol. The van der Waals surface area contributed by atoms with Crippen LogP contribution in [0, 0.1) is 0 Å². The van der Waals surface area contributed by atoms with Gasteiger partial charge in [0.1, 0.15) is 12.4 Å². The third-order valence-electron chi connectivity index (χ3n) is 3.71. The van der Waals surface area contributed by atoms with Crippen LogP contribution in [0.3, 0.4) is 0 Å². The van der Waals surface area contributed by atoms with E-state index in [1.54, 1.807) is 24.3 Å². The number of methoxy groups -OCH3 is 1. The first-order valence-electron chi connectivity index (χ1n) is 7.50. The Kier molecular flexibility index (Phi) is 4.57. The molecule has 0 heterocycles. The van der Waals surface area contributed by atoms with Crippen molar-refractivity contribution in [1.82, 2.24) is 0 Å². The molecule has 3 rings (SSSR count). The summed E-state index contributed by atoms with van der Waals surface area (Å²) in [6.45, 7) is 0.426. The second-order valence-corrected chi connectivity index (χ2v) is 5.32. The molecule has 0 bridgehead atoms. The van der Waals surface area contributed by atoms with Crippen molar-refractivity contribution in [2.75, 3.05) is 7.11 Å². The van der Waals surface area contributed by atoms with Gasteiger partial charge < -0.3 is 9.47 Å². The number of carbonyl (C=O) groups is 2. The lowest BCUT2D eigenvalue weighted by Crippen LogP contribution is -2.15. The molecule has 0 aliphatic carbocycles. The average molecular weight is 320 g/mol. The number of fused-ring (bicyclic) bond motifs is 1. The number of esters is 1. The van der Waals surface area contributed by atoms with E-state index in [0.29, 0.717) is 12.4 Å². The molecule has 0 N–H and O–H groups in total. The molecule has 0 saturated carbocycles. The highest BCUT2D eigenvalue weighted by Crippen LogP contribution is 2.18. The number of rotatable bonds is 5. The minimum absolute atomic E-state index is 0.278.